The standard InChI is InChI=1S/C12H15NO6S/c14-5-8-9(15)10(16)11(17)12(19-8)20-7-3-1-6(13-18)2-4-7/h1-4,8-12,14-17H,5H2/t8-,9+,10+,11-,12+/m1/s1. The summed E-state index contributed by atoms with van der Waals surface area (Å²) in [5, 5.41) is 41.1. The maximum Gasteiger partial charge on any atom is 0.136 e. The Morgan fingerprint density at radius 1 is 1.10 bits per heavy atom. The first-order valence-corrected chi connectivity index (χ1v) is 6.85. The molecular formula is C12H15NO6S. The Hall–Kier alpha value is -1.03. The van der Waals surface area contributed by atoms with Crippen LogP contribution in [-0.4, -0.2) is 56.9 Å². The average molecular weight is 301 g/mol. The van der Waals surface area contributed by atoms with Crippen molar-refractivity contribution in [2.24, 2.45) is 5.18 Å². The molecule has 0 aromatic heterocycles. The Morgan fingerprint density at radius 2 is 1.75 bits per heavy atom. The van der Waals surface area contributed by atoms with Gasteiger partial charge in [-0.3, -0.25) is 0 Å². The molecule has 110 valence electrons. The van der Waals surface area contributed by atoms with Gasteiger partial charge in [-0.15, -0.1) is 4.91 Å². The largest absolute Gasteiger partial charge is 0.394 e. The highest BCUT2D eigenvalue weighted by Gasteiger charge is 2.43. The van der Waals surface area contributed by atoms with Gasteiger partial charge in [0, 0.05) is 4.90 Å². The molecular weight excluding hydrogens is 286 g/mol. The van der Waals surface area contributed by atoms with Gasteiger partial charge >= 0.3 is 0 Å². The molecule has 0 amide bonds. The van der Waals surface area contributed by atoms with Gasteiger partial charge in [-0.1, -0.05) is 11.8 Å². The van der Waals surface area contributed by atoms with Crippen molar-refractivity contribution in [2.75, 3.05) is 6.61 Å². The SMILES string of the molecule is O=Nc1ccc(S[C@@H]2O[C@H](CO)[C@H](O)[C@H](O)[C@H]2O)cc1. The number of ether oxygens (including phenoxy) is 1. The molecule has 0 radical (unpaired) electrons. The lowest BCUT2D eigenvalue weighted by Crippen LogP contribution is -2.57. The first kappa shape index (κ1) is 15.4. The molecule has 1 heterocycles. The third-order valence-corrected chi connectivity index (χ3v) is 4.21. The first-order chi connectivity index (χ1) is 9.56. The van der Waals surface area contributed by atoms with E-state index in [0.29, 0.717) is 4.90 Å². The second-order valence-electron chi connectivity index (χ2n) is 4.40. The number of nitroso groups, excluding NO2 is 1. The van der Waals surface area contributed by atoms with Crippen LogP contribution in [0.15, 0.2) is 34.3 Å². The fourth-order valence-corrected chi connectivity index (χ4v) is 2.94. The molecule has 0 bridgehead atoms. The van der Waals surface area contributed by atoms with Gasteiger partial charge < -0.3 is 25.2 Å². The molecule has 5 atom stereocenters. The van der Waals surface area contributed by atoms with Crippen molar-refractivity contribution >= 4 is 17.4 Å². The third kappa shape index (κ3) is 3.17. The highest BCUT2D eigenvalue weighted by molar-refractivity contribution is 7.99. The minimum atomic E-state index is -1.39. The summed E-state index contributed by atoms with van der Waals surface area (Å²) in [6.07, 6.45) is -4.98. The van der Waals surface area contributed by atoms with Crippen molar-refractivity contribution in [1.82, 2.24) is 0 Å². The summed E-state index contributed by atoms with van der Waals surface area (Å²) in [5.41, 5.74) is -0.552. The first-order valence-electron chi connectivity index (χ1n) is 5.97. The number of hydrogen-bond acceptors (Lipinski definition) is 8. The van der Waals surface area contributed by atoms with Crippen LogP contribution in [0, 0.1) is 4.91 Å². The fourth-order valence-electron chi connectivity index (χ4n) is 1.88. The summed E-state index contributed by atoms with van der Waals surface area (Å²) >= 11 is 1.12. The predicted molar refractivity (Wildman–Crippen MR) is 71.5 cm³/mol. The quantitative estimate of drug-likeness (QED) is 0.577. The Kier molecular flexibility index (Phi) is 5.08. The minimum Gasteiger partial charge on any atom is -0.394 e. The molecule has 1 aromatic rings. The van der Waals surface area contributed by atoms with E-state index in [9.17, 15) is 20.2 Å². The summed E-state index contributed by atoms with van der Waals surface area (Å²) in [5.74, 6) is 0. The monoisotopic (exact) mass is 301 g/mol. The van der Waals surface area contributed by atoms with Gasteiger partial charge in [-0.05, 0) is 29.4 Å². The summed E-state index contributed by atoms with van der Waals surface area (Å²) in [6.45, 7) is -0.462. The van der Waals surface area contributed by atoms with Crippen LogP contribution in [-0.2, 0) is 4.74 Å². The van der Waals surface area contributed by atoms with Gasteiger partial charge in [0.1, 0.15) is 35.5 Å². The lowest BCUT2D eigenvalue weighted by atomic mass is 10.0. The summed E-state index contributed by atoms with van der Waals surface area (Å²) in [6, 6.07) is 6.28. The number of aliphatic hydroxyl groups excluding tert-OH is 4. The van der Waals surface area contributed by atoms with Gasteiger partial charge in [-0.25, -0.2) is 0 Å². The van der Waals surface area contributed by atoms with Crippen LogP contribution in [0.25, 0.3) is 0 Å². The Morgan fingerprint density at radius 3 is 2.30 bits per heavy atom. The normalized spacial score (nSPS) is 33.9. The van der Waals surface area contributed by atoms with Crippen molar-refractivity contribution in [2.45, 2.75) is 34.7 Å². The summed E-state index contributed by atoms with van der Waals surface area (Å²) in [7, 11) is 0. The van der Waals surface area contributed by atoms with Gasteiger partial charge in [0.25, 0.3) is 0 Å². The van der Waals surface area contributed by atoms with Gasteiger partial charge in [0.15, 0.2) is 0 Å². The molecule has 1 fully saturated rings. The molecule has 4 N–H and O–H groups in total. The topological polar surface area (TPSA) is 120 Å². The van der Waals surface area contributed by atoms with E-state index >= 15 is 0 Å². The minimum absolute atomic E-state index is 0.281. The van der Waals surface area contributed by atoms with Crippen molar-refractivity contribution in [3.8, 4) is 0 Å². The zero-order valence-electron chi connectivity index (χ0n) is 10.4. The van der Waals surface area contributed by atoms with Crippen LogP contribution in [0.1, 0.15) is 0 Å². The molecule has 0 unspecified atom stereocenters. The number of benzene rings is 1. The maximum atomic E-state index is 10.3. The number of aliphatic hydroxyl groups is 4. The van der Waals surface area contributed by atoms with E-state index < -0.39 is 36.5 Å². The van der Waals surface area contributed by atoms with Crippen LogP contribution in [0.5, 0.6) is 0 Å². The van der Waals surface area contributed by atoms with Crippen molar-refractivity contribution in [3.63, 3.8) is 0 Å². The van der Waals surface area contributed by atoms with Crippen LogP contribution in [0.2, 0.25) is 0 Å². The zero-order chi connectivity index (χ0) is 14.7. The van der Waals surface area contributed by atoms with Crippen LogP contribution >= 0.6 is 11.8 Å². The summed E-state index contributed by atoms with van der Waals surface area (Å²) < 4.78 is 5.36. The lowest BCUT2D eigenvalue weighted by molar-refractivity contribution is -0.205. The van der Waals surface area contributed by atoms with E-state index in [0.717, 1.165) is 11.8 Å². The van der Waals surface area contributed by atoms with Crippen molar-refractivity contribution in [3.05, 3.63) is 29.2 Å². The molecule has 1 saturated heterocycles. The van der Waals surface area contributed by atoms with Crippen LogP contribution < -0.4 is 0 Å². The van der Waals surface area contributed by atoms with Gasteiger partial charge in [0.05, 0.1) is 6.61 Å². The predicted octanol–water partition coefficient (Wildman–Crippen LogP) is -0.0235. The van der Waals surface area contributed by atoms with Crippen molar-refractivity contribution in [1.29, 1.82) is 0 Å². The Labute approximate surface area is 119 Å². The highest BCUT2D eigenvalue weighted by Crippen LogP contribution is 2.33. The molecule has 7 nitrogen and oxygen atoms in total. The van der Waals surface area contributed by atoms with Crippen molar-refractivity contribution < 1.29 is 25.2 Å². The molecule has 1 aromatic carbocycles. The van der Waals surface area contributed by atoms with Gasteiger partial charge in [0.2, 0.25) is 0 Å². The van der Waals surface area contributed by atoms with E-state index in [1.807, 2.05) is 0 Å². The maximum absolute atomic E-state index is 10.3. The molecule has 0 saturated carbocycles. The number of thioether (sulfide) groups is 1. The Bertz CT molecular complexity index is 454. The van der Waals surface area contributed by atoms with E-state index in [1.54, 1.807) is 12.1 Å². The second-order valence-corrected chi connectivity index (χ2v) is 5.57. The average Bonchev–Trinajstić information content (AvgIpc) is 2.48. The molecule has 1 aliphatic rings. The molecule has 0 spiro atoms. The molecule has 2 rings (SSSR count). The number of hydrogen-bond donors (Lipinski definition) is 4. The van der Waals surface area contributed by atoms with Gasteiger partial charge in [-0.2, -0.15) is 0 Å². The fraction of sp³-hybridized carbons (Fsp3) is 0.500. The molecule has 20 heavy (non-hydrogen) atoms. The van der Waals surface area contributed by atoms with E-state index in [2.05, 4.69) is 5.18 Å². The van der Waals surface area contributed by atoms with E-state index in [1.165, 1.54) is 12.1 Å². The number of rotatable bonds is 4. The zero-order valence-corrected chi connectivity index (χ0v) is 11.2. The smallest absolute Gasteiger partial charge is 0.136 e. The number of nitrogens with zero attached hydrogens (tertiary/aromatic N) is 1. The van der Waals surface area contributed by atoms with E-state index in [4.69, 9.17) is 9.84 Å². The van der Waals surface area contributed by atoms with Crippen LogP contribution in [0.3, 0.4) is 0 Å². The van der Waals surface area contributed by atoms with E-state index in [-0.39, 0.29) is 5.69 Å². The molecule has 1 aliphatic heterocycles. The molecule has 0 aliphatic carbocycles. The lowest BCUT2D eigenvalue weighted by Gasteiger charge is -2.39. The second kappa shape index (κ2) is 6.61. The Balaban J connectivity index is 2.08. The molecule has 8 heteroatoms. The highest BCUT2D eigenvalue weighted by atomic mass is 32.2. The third-order valence-electron chi connectivity index (χ3n) is 3.04. The van der Waals surface area contributed by atoms with Crippen LogP contribution in [0.4, 0.5) is 5.69 Å². The summed E-state index contributed by atoms with van der Waals surface area (Å²) in [4.78, 5) is 11.0.